The predicted molar refractivity (Wildman–Crippen MR) is 131 cm³/mol. The van der Waals surface area contributed by atoms with Crippen molar-refractivity contribution in [2.24, 2.45) is 5.92 Å². The minimum absolute atomic E-state index is 0.125. The summed E-state index contributed by atoms with van der Waals surface area (Å²) in [5.74, 6) is 0.133. The molecule has 32 heavy (non-hydrogen) atoms. The molecule has 0 spiro atoms. The van der Waals surface area contributed by atoms with Crippen molar-refractivity contribution in [1.82, 2.24) is 9.88 Å². The third-order valence-corrected chi connectivity index (χ3v) is 6.99. The Balaban J connectivity index is 1.64. The van der Waals surface area contributed by atoms with Gasteiger partial charge in [0.2, 0.25) is 0 Å². The van der Waals surface area contributed by atoms with Gasteiger partial charge < -0.3 is 9.88 Å². The van der Waals surface area contributed by atoms with Crippen LogP contribution in [0.2, 0.25) is 10.0 Å². The minimum Gasteiger partial charge on any atom is -0.348 e. The lowest BCUT2D eigenvalue weighted by atomic mass is 9.86. The summed E-state index contributed by atoms with van der Waals surface area (Å²) in [6.45, 7) is 2.76. The Hall–Kier alpha value is -2.74. The van der Waals surface area contributed by atoms with E-state index in [2.05, 4.69) is 22.9 Å². The van der Waals surface area contributed by atoms with Crippen LogP contribution in [0.5, 0.6) is 0 Å². The summed E-state index contributed by atoms with van der Waals surface area (Å²) in [6, 6.07) is 15.8. The number of rotatable bonds is 5. The number of nitrogens with one attached hydrogen (secondary N) is 1. The Labute approximate surface area is 198 Å². The Bertz CT molecular complexity index is 1220. The van der Waals surface area contributed by atoms with Crippen molar-refractivity contribution in [2.75, 3.05) is 0 Å². The van der Waals surface area contributed by atoms with Crippen LogP contribution in [-0.4, -0.2) is 16.5 Å². The summed E-state index contributed by atoms with van der Waals surface area (Å²) >= 11 is 12.2. The van der Waals surface area contributed by atoms with Crippen molar-refractivity contribution in [3.05, 3.63) is 75.4 Å². The second-order valence-corrected chi connectivity index (χ2v) is 9.30. The lowest BCUT2D eigenvalue weighted by Gasteiger charge is -2.29. The Kier molecular flexibility index (Phi) is 6.89. The quantitative estimate of drug-likeness (QED) is 0.340. The van der Waals surface area contributed by atoms with Crippen LogP contribution in [-0.2, 0) is 11.3 Å². The topological polar surface area (TPSA) is 57.8 Å². The molecule has 4 rings (SSSR count). The number of halogens is 2. The number of para-hydroxylation sites is 1. The highest BCUT2D eigenvalue weighted by molar-refractivity contribution is 6.42. The van der Waals surface area contributed by atoms with E-state index in [0.29, 0.717) is 22.5 Å². The van der Waals surface area contributed by atoms with Crippen molar-refractivity contribution in [2.45, 2.75) is 45.2 Å². The van der Waals surface area contributed by atoms with Crippen LogP contribution >= 0.6 is 23.2 Å². The maximum atomic E-state index is 12.9. The molecule has 0 saturated heterocycles. The molecule has 1 aromatic heterocycles. The fourth-order valence-electron chi connectivity index (χ4n) is 4.44. The average Bonchev–Trinajstić information content (AvgIpc) is 3.13. The number of amides is 1. The third kappa shape index (κ3) is 4.85. The molecule has 0 aliphatic heterocycles. The number of fused-ring (bicyclic) bond motifs is 1. The molecule has 3 aromatic rings. The predicted octanol–water partition coefficient (Wildman–Crippen LogP) is 6.60. The van der Waals surface area contributed by atoms with Crippen molar-refractivity contribution in [3.8, 4) is 6.07 Å². The van der Waals surface area contributed by atoms with Crippen LogP contribution in [0.4, 0.5) is 0 Å². The minimum atomic E-state index is -0.299. The highest BCUT2D eigenvalue weighted by Crippen LogP contribution is 2.28. The lowest BCUT2D eigenvalue weighted by molar-refractivity contribution is -0.118. The van der Waals surface area contributed by atoms with Crippen molar-refractivity contribution < 1.29 is 4.79 Å². The summed E-state index contributed by atoms with van der Waals surface area (Å²) in [7, 11) is 0. The molecule has 2 atom stereocenters. The number of aromatic nitrogens is 1. The molecule has 164 valence electrons. The lowest BCUT2D eigenvalue weighted by Crippen LogP contribution is -2.41. The SMILES string of the molecule is C[C@@H]1CCCC[C@@H]1NC(=O)/C(C#N)=C/c1cn(Cc2ccc(Cl)c(Cl)c2)c2ccccc12. The van der Waals surface area contributed by atoms with Gasteiger partial charge in [0.05, 0.1) is 10.0 Å². The van der Waals surface area contributed by atoms with E-state index in [9.17, 15) is 10.1 Å². The highest BCUT2D eigenvalue weighted by atomic mass is 35.5. The molecule has 2 aromatic carbocycles. The summed E-state index contributed by atoms with van der Waals surface area (Å²) in [5, 5.41) is 14.8. The second-order valence-electron chi connectivity index (χ2n) is 8.49. The maximum Gasteiger partial charge on any atom is 0.262 e. The van der Waals surface area contributed by atoms with E-state index in [4.69, 9.17) is 23.2 Å². The van der Waals surface area contributed by atoms with E-state index in [1.807, 2.05) is 42.6 Å². The third-order valence-electron chi connectivity index (χ3n) is 6.25. The number of hydrogen-bond acceptors (Lipinski definition) is 2. The van der Waals surface area contributed by atoms with E-state index in [1.165, 1.54) is 6.42 Å². The van der Waals surface area contributed by atoms with E-state index < -0.39 is 0 Å². The molecule has 6 heteroatoms. The first kappa shape index (κ1) is 22.5. The van der Waals surface area contributed by atoms with Gasteiger partial charge in [0, 0.05) is 35.2 Å². The maximum absolute atomic E-state index is 12.9. The van der Waals surface area contributed by atoms with Crippen molar-refractivity contribution in [1.29, 1.82) is 5.26 Å². The van der Waals surface area contributed by atoms with E-state index in [1.54, 1.807) is 12.1 Å². The largest absolute Gasteiger partial charge is 0.348 e. The number of benzene rings is 2. The Morgan fingerprint density at radius 1 is 1.19 bits per heavy atom. The molecule has 0 bridgehead atoms. The van der Waals surface area contributed by atoms with Gasteiger partial charge in [-0.25, -0.2) is 0 Å². The van der Waals surface area contributed by atoms with Gasteiger partial charge in [0.15, 0.2) is 0 Å². The average molecular weight is 466 g/mol. The molecular weight excluding hydrogens is 441 g/mol. The molecule has 1 N–H and O–H groups in total. The van der Waals surface area contributed by atoms with Crippen LogP contribution in [0.3, 0.4) is 0 Å². The molecule has 1 aliphatic carbocycles. The summed E-state index contributed by atoms with van der Waals surface area (Å²) in [5.41, 5.74) is 2.99. The summed E-state index contributed by atoms with van der Waals surface area (Å²) < 4.78 is 2.09. The van der Waals surface area contributed by atoms with Crippen molar-refractivity contribution in [3.63, 3.8) is 0 Å². The van der Waals surface area contributed by atoms with Gasteiger partial charge >= 0.3 is 0 Å². The molecule has 4 nitrogen and oxygen atoms in total. The van der Waals surface area contributed by atoms with E-state index in [-0.39, 0.29) is 17.5 Å². The number of carbonyl (C=O) groups is 1. The molecule has 1 saturated carbocycles. The molecule has 0 radical (unpaired) electrons. The van der Waals surface area contributed by atoms with Gasteiger partial charge in [-0.15, -0.1) is 0 Å². The second kappa shape index (κ2) is 9.81. The first-order chi connectivity index (χ1) is 15.5. The smallest absolute Gasteiger partial charge is 0.262 e. The number of carbonyl (C=O) groups excluding carboxylic acids is 1. The van der Waals surface area contributed by atoms with Gasteiger partial charge in [-0.1, -0.05) is 67.2 Å². The highest BCUT2D eigenvalue weighted by Gasteiger charge is 2.24. The first-order valence-electron chi connectivity index (χ1n) is 10.9. The molecular formula is C26H25Cl2N3O. The van der Waals surface area contributed by atoms with Crippen molar-refractivity contribution >= 4 is 46.1 Å². The molecule has 0 unspecified atom stereocenters. The first-order valence-corrected chi connectivity index (χ1v) is 11.7. The van der Waals surface area contributed by atoms with Gasteiger partial charge in [-0.2, -0.15) is 5.26 Å². The van der Waals surface area contributed by atoms with Gasteiger partial charge in [0.1, 0.15) is 11.6 Å². The Morgan fingerprint density at radius 2 is 1.97 bits per heavy atom. The van der Waals surface area contributed by atoms with E-state index >= 15 is 0 Å². The van der Waals surface area contributed by atoms with Crippen LogP contribution in [0, 0.1) is 17.2 Å². The molecule has 1 fully saturated rings. The van der Waals surface area contributed by atoms with Gasteiger partial charge in [0.25, 0.3) is 5.91 Å². The van der Waals surface area contributed by atoms with Crippen LogP contribution in [0.15, 0.2) is 54.2 Å². The summed E-state index contributed by atoms with van der Waals surface area (Å²) in [6.07, 6.45) is 8.06. The number of nitrogens with zero attached hydrogens (tertiary/aromatic N) is 2. The number of hydrogen-bond donors (Lipinski definition) is 1. The normalized spacial score (nSPS) is 19.0. The van der Waals surface area contributed by atoms with E-state index in [0.717, 1.165) is 41.3 Å². The summed E-state index contributed by atoms with van der Waals surface area (Å²) in [4.78, 5) is 12.9. The molecule has 1 aliphatic rings. The van der Waals surface area contributed by atoms with Crippen LogP contribution in [0.1, 0.15) is 43.7 Å². The monoisotopic (exact) mass is 465 g/mol. The molecule has 1 amide bonds. The zero-order chi connectivity index (χ0) is 22.7. The van der Waals surface area contributed by atoms with Gasteiger partial charge in [-0.3, -0.25) is 4.79 Å². The van der Waals surface area contributed by atoms with Crippen LogP contribution < -0.4 is 5.32 Å². The standard InChI is InChI=1S/C26H25Cl2N3O/c1-17-6-2-4-8-24(17)30-26(32)19(14-29)13-20-16-31(25-9-5-3-7-21(20)25)15-18-10-11-22(27)23(28)12-18/h3,5,7,9-13,16-17,24H,2,4,6,8,15H2,1H3,(H,30,32)/b19-13+/t17-,24+/m1/s1. The zero-order valence-corrected chi connectivity index (χ0v) is 19.5. The van der Waals surface area contributed by atoms with Crippen LogP contribution in [0.25, 0.3) is 17.0 Å². The Morgan fingerprint density at radius 3 is 2.72 bits per heavy atom. The number of nitriles is 1. The van der Waals surface area contributed by atoms with Gasteiger partial charge in [-0.05, 0) is 48.6 Å². The fraction of sp³-hybridized carbons (Fsp3) is 0.308. The molecule has 1 heterocycles. The fourth-order valence-corrected chi connectivity index (χ4v) is 4.76. The zero-order valence-electron chi connectivity index (χ0n) is 17.9.